The first-order valence-corrected chi connectivity index (χ1v) is 7.26. The van der Waals surface area contributed by atoms with Gasteiger partial charge in [0, 0.05) is 12.1 Å². The van der Waals surface area contributed by atoms with Crippen LogP contribution in [0.5, 0.6) is 0 Å². The summed E-state index contributed by atoms with van der Waals surface area (Å²) >= 11 is 0. The third-order valence-electron chi connectivity index (χ3n) is 3.11. The summed E-state index contributed by atoms with van der Waals surface area (Å²) in [5.74, 6) is 0.446. The molecular weight excluding hydrogens is 236 g/mol. The second kappa shape index (κ2) is 4.40. The van der Waals surface area contributed by atoms with E-state index in [2.05, 4.69) is 4.72 Å². The predicted molar refractivity (Wildman–Crippen MR) is 66.9 cm³/mol. The second-order valence-corrected chi connectivity index (χ2v) is 6.52. The minimum atomic E-state index is -3.39. The second-order valence-electron chi connectivity index (χ2n) is 4.80. The molecule has 1 aliphatic rings. The van der Waals surface area contributed by atoms with E-state index < -0.39 is 10.0 Å². The molecule has 94 valence electrons. The Labute approximate surface area is 102 Å². The van der Waals surface area contributed by atoms with Crippen LogP contribution in [0.25, 0.3) is 0 Å². The number of nitrogens with one attached hydrogen (secondary N) is 1. The van der Waals surface area contributed by atoms with Crippen molar-refractivity contribution in [2.45, 2.75) is 37.2 Å². The van der Waals surface area contributed by atoms with Crippen LogP contribution in [-0.4, -0.2) is 14.5 Å². The van der Waals surface area contributed by atoms with E-state index in [0.717, 1.165) is 12.0 Å². The summed E-state index contributed by atoms with van der Waals surface area (Å²) in [5.41, 5.74) is 6.58. The molecule has 1 aliphatic carbocycles. The minimum Gasteiger partial charge on any atom is -0.324 e. The fourth-order valence-corrected chi connectivity index (χ4v) is 3.13. The van der Waals surface area contributed by atoms with E-state index in [1.165, 1.54) is 0 Å². The Morgan fingerprint density at radius 1 is 1.47 bits per heavy atom. The molecule has 4 nitrogen and oxygen atoms in total. The first-order valence-electron chi connectivity index (χ1n) is 5.78. The van der Waals surface area contributed by atoms with Gasteiger partial charge >= 0.3 is 0 Å². The summed E-state index contributed by atoms with van der Waals surface area (Å²) in [6.45, 7) is 3.87. The predicted octanol–water partition coefficient (Wildman–Crippen LogP) is 1.39. The summed E-state index contributed by atoms with van der Waals surface area (Å²) in [6, 6.07) is 6.73. The summed E-state index contributed by atoms with van der Waals surface area (Å²) in [7, 11) is -3.39. The minimum absolute atomic E-state index is 0.0963. The zero-order valence-electron chi connectivity index (χ0n) is 10.1. The highest BCUT2D eigenvalue weighted by atomic mass is 32.2. The van der Waals surface area contributed by atoms with Crippen LogP contribution in [-0.2, 0) is 10.0 Å². The Bertz CT molecular complexity index is 511. The van der Waals surface area contributed by atoms with Crippen LogP contribution in [0, 0.1) is 5.92 Å². The number of hydrogen-bond donors (Lipinski definition) is 2. The van der Waals surface area contributed by atoms with E-state index in [-0.39, 0.29) is 12.1 Å². The Morgan fingerprint density at radius 2 is 2.12 bits per heavy atom. The van der Waals surface area contributed by atoms with Gasteiger partial charge in [0.25, 0.3) is 0 Å². The van der Waals surface area contributed by atoms with Gasteiger partial charge in [-0.05, 0) is 37.0 Å². The van der Waals surface area contributed by atoms with Crippen LogP contribution >= 0.6 is 0 Å². The third kappa shape index (κ3) is 2.86. The highest BCUT2D eigenvalue weighted by Gasteiger charge is 2.36. The Hall–Kier alpha value is -0.910. The van der Waals surface area contributed by atoms with Crippen molar-refractivity contribution in [3.63, 3.8) is 0 Å². The van der Waals surface area contributed by atoms with Gasteiger partial charge in [-0.15, -0.1) is 0 Å². The molecule has 3 atom stereocenters. The largest absolute Gasteiger partial charge is 0.324 e. The molecule has 0 spiro atoms. The molecule has 0 saturated heterocycles. The van der Waals surface area contributed by atoms with Gasteiger partial charge in [-0.25, -0.2) is 13.1 Å². The van der Waals surface area contributed by atoms with Crippen LogP contribution < -0.4 is 10.5 Å². The van der Waals surface area contributed by atoms with E-state index in [0.29, 0.717) is 10.8 Å². The number of hydrogen-bond acceptors (Lipinski definition) is 3. The van der Waals surface area contributed by atoms with Crippen LogP contribution in [0.2, 0.25) is 0 Å². The Kier molecular flexibility index (Phi) is 3.25. The van der Waals surface area contributed by atoms with Crippen molar-refractivity contribution in [3.8, 4) is 0 Å². The summed E-state index contributed by atoms with van der Waals surface area (Å²) in [4.78, 5) is 0.298. The molecule has 3 N–H and O–H groups in total. The normalized spacial score (nSPS) is 25.6. The number of rotatable bonds is 4. The fourth-order valence-electron chi connectivity index (χ4n) is 1.72. The Morgan fingerprint density at radius 3 is 2.65 bits per heavy atom. The fraction of sp³-hybridized carbons (Fsp3) is 0.500. The van der Waals surface area contributed by atoms with Crippen LogP contribution in [0.4, 0.5) is 0 Å². The third-order valence-corrected chi connectivity index (χ3v) is 4.60. The van der Waals surface area contributed by atoms with Gasteiger partial charge < -0.3 is 5.73 Å². The zero-order valence-corrected chi connectivity index (χ0v) is 10.9. The van der Waals surface area contributed by atoms with Gasteiger partial charge in [0.1, 0.15) is 0 Å². The van der Waals surface area contributed by atoms with Crippen LogP contribution in [0.15, 0.2) is 29.2 Å². The maximum Gasteiger partial charge on any atom is 0.240 e. The maximum absolute atomic E-state index is 12.1. The van der Waals surface area contributed by atoms with E-state index in [9.17, 15) is 8.42 Å². The lowest BCUT2D eigenvalue weighted by Crippen LogP contribution is -2.27. The molecule has 1 fully saturated rings. The average Bonchev–Trinajstić information content (AvgIpc) is 2.93. The van der Waals surface area contributed by atoms with E-state index in [1.54, 1.807) is 18.2 Å². The smallest absolute Gasteiger partial charge is 0.240 e. The monoisotopic (exact) mass is 254 g/mol. The van der Waals surface area contributed by atoms with Crippen molar-refractivity contribution in [3.05, 3.63) is 29.8 Å². The molecule has 0 aliphatic heterocycles. The van der Waals surface area contributed by atoms with E-state index in [4.69, 9.17) is 5.73 Å². The van der Waals surface area contributed by atoms with Gasteiger partial charge in [-0.1, -0.05) is 19.1 Å². The zero-order chi connectivity index (χ0) is 12.6. The molecule has 1 aromatic carbocycles. The van der Waals surface area contributed by atoms with Crippen molar-refractivity contribution in [2.24, 2.45) is 11.7 Å². The van der Waals surface area contributed by atoms with Crippen molar-refractivity contribution in [2.75, 3.05) is 0 Å². The lowest BCUT2D eigenvalue weighted by molar-refractivity contribution is 0.578. The SMILES string of the molecule is CC(N)c1cccc(S(=O)(=O)NC2CC2C)c1. The lowest BCUT2D eigenvalue weighted by atomic mass is 10.1. The van der Waals surface area contributed by atoms with Gasteiger partial charge in [0.05, 0.1) is 4.90 Å². The van der Waals surface area contributed by atoms with Crippen molar-refractivity contribution in [1.29, 1.82) is 0 Å². The maximum atomic E-state index is 12.1. The average molecular weight is 254 g/mol. The molecule has 0 amide bonds. The first-order chi connectivity index (χ1) is 7.90. The van der Waals surface area contributed by atoms with Gasteiger partial charge in [-0.3, -0.25) is 0 Å². The molecule has 3 unspecified atom stereocenters. The standard InChI is InChI=1S/C12H18N2O2S/c1-8-6-12(8)14-17(15,16)11-5-3-4-10(7-11)9(2)13/h3-5,7-9,12,14H,6,13H2,1-2H3. The molecule has 5 heteroatoms. The van der Waals surface area contributed by atoms with E-state index in [1.807, 2.05) is 19.9 Å². The molecule has 2 rings (SSSR count). The van der Waals surface area contributed by atoms with Gasteiger partial charge in [0.15, 0.2) is 0 Å². The molecule has 17 heavy (non-hydrogen) atoms. The molecular formula is C12H18N2O2S. The first kappa shape index (κ1) is 12.5. The summed E-state index contributed by atoms with van der Waals surface area (Å²) in [6.07, 6.45) is 0.923. The molecule has 0 heterocycles. The van der Waals surface area contributed by atoms with E-state index >= 15 is 0 Å². The highest BCUT2D eigenvalue weighted by Crippen LogP contribution is 2.30. The van der Waals surface area contributed by atoms with Crippen LogP contribution in [0.3, 0.4) is 0 Å². The lowest BCUT2D eigenvalue weighted by Gasteiger charge is -2.09. The van der Waals surface area contributed by atoms with Crippen molar-refractivity contribution in [1.82, 2.24) is 4.72 Å². The number of benzene rings is 1. The molecule has 1 aromatic rings. The van der Waals surface area contributed by atoms with Crippen molar-refractivity contribution < 1.29 is 8.42 Å². The number of nitrogens with two attached hydrogens (primary N) is 1. The van der Waals surface area contributed by atoms with Gasteiger partial charge in [-0.2, -0.15) is 0 Å². The number of sulfonamides is 1. The molecule has 0 bridgehead atoms. The Balaban J connectivity index is 2.23. The summed E-state index contributed by atoms with van der Waals surface area (Å²) in [5, 5.41) is 0. The molecule has 0 aromatic heterocycles. The van der Waals surface area contributed by atoms with Gasteiger partial charge in [0.2, 0.25) is 10.0 Å². The molecule has 1 saturated carbocycles. The topological polar surface area (TPSA) is 72.2 Å². The molecule has 0 radical (unpaired) electrons. The van der Waals surface area contributed by atoms with Crippen molar-refractivity contribution >= 4 is 10.0 Å². The van der Waals surface area contributed by atoms with Crippen LogP contribution in [0.1, 0.15) is 31.9 Å². The summed E-state index contributed by atoms with van der Waals surface area (Å²) < 4.78 is 26.8. The highest BCUT2D eigenvalue weighted by molar-refractivity contribution is 7.89. The quantitative estimate of drug-likeness (QED) is 0.853.